The van der Waals surface area contributed by atoms with Crippen molar-refractivity contribution in [2.24, 2.45) is 0 Å². The lowest BCUT2D eigenvalue weighted by Gasteiger charge is -2.11. The monoisotopic (exact) mass is 317 g/mol. The number of methoxy groups -OCH3 is 1. The quantitative estimate of drug-likeness (QED) is 0.624. The summed E-state index contributed by atoms with van der Waals surface area (Å²) in [5.74, 6) is 0. The molecule has 1 aromatic rings. The molecule has 0 heterocycles. The van der Waals surface area contributed by atoms with E-state index in [1.165, 1.54) is 6.07 Å². The third-order valence-electron chi connectivity index (χ3n) is 3.05. The Morgan fingerprint density at radius 2 is 2.00 bits per heavy atom. The van der Waals surface area contributed by atoms with Gasteiger partial charge in [-0.1, -0.05) is 12.1 Å². The average Bonchev–Trinajstić information content (AvgIpc) is 2.46. The second-order valence-corrected chi connectivity index (χ2v) is 6.29. The highest BCUT2D eigenvalue weighted by molar-refractivity contribution is 7.89. The summed E-state index contributed by atoms with van der Waals surface area (Å²) in [7, 11) is -1.96. The lowest BCUT2D eigenvalue weighted by Crippen LogP contribution is -2.26. The zero-order valence-corrected chi connectivity index (χ0v) is 13.3. The molecule has 0 aliphatic rings. The molecule has 0 spiro atoms. The van der Waals surface area contributed by atoms with Crippen LogP contribution >= 0.6 is 0 Å². The average molecular weight is 317 g/mol. The zero-order chi connectivity index (χ0) is 15.7. The van der Waals surface area contributed by atoms with Crippen molar-refractivity contribution in [2.75, 3.05) is 33.5 Å². The van der Waals surface area contributed by atoms with Crippen molar-refractivity contribution in [1.82, 2.24) is 4.72 Å². The maximum Gasteiger partial charge on any atom is 0.240 e. The summed E-state index contributed by atoms with van der Waals surface area (Å²) in [6.45, 7) is 3.32. The van der Waals surface area contributed by atoms with Crippen LogP contribution in [0.1, 0.15) is 17.5 Å². The fraction of sp³-hybridized carbons (Fsp3) is 0.571. The Morgan fingerprint density at radius 1 is 1.24 bits per heavy atom. The number of benzene rings is 1. The van der Waals surface area contributed by atoms with E-state index < -0.39 is 10.0 Å². The molecule has 0 unspecified atom stereocenters. The first-order valence-electron chi connectivity index (χ1n) is 6.78. The summed E-state index contributed by atoms with van der Waals surface area (Å²) >= 11 is 0. The van der Waals surface area contributed by atoms with Crippen LogP contribution in [0.2, 0.25) is 0 Å². The van der Waals surface area contributed by atoms with Crippen LogP contribution in [0.25, 0.3) is 0 Å². The summed E-state index contributed by atoms with van der Waals surface area (Å²) < 4.78 is 37.0. The number of rotatable bonds is 10. The molecule has 120 valence electrons. The highest BCUT2D eigenvalue weighted by Crippen LogP contribution is 2.18. The maximum absolute atomic E-state index is 12.2. The van der Waals surface area contributed by atoms with E-state index in [1.807, 2.05) is 0 Å². The van der Waals surface area contributed by atoms with Crippen molar-refractivity contribution in [3.63, 3.8) is 0 Å². The third-order valence-corrected chi connectivity index (χ3v) is 4.65. The normalized spacial score (nSPS) is 11.8. The summed E-state index contributed by atoms with van der Waals surface area (Å²) in [6, 6.07) is 4.87. The molecule has 0 radical (unpaired) electrons. The van der Waals surface area contributed by atoms with Gasteiger partial charge >= 0.3 is 0 Å². The number of aliphatic hydroxyl groups is 1. The molecule has 0 aromatic heterocycles. The van der Waals surface area contributed by atoms with E-state index in [1.54, 1.807) is 26.2 Å². The molecule has 0 aliphatic carbocycles. The second-order valence-electron chi connectivity index (χ2n) is 4.55. The molecule has 0 amide bonds. The molecule has 7 heteroatoms. The van der Waals surface area contributed by atoms with Gasteiger partial charge in [0.05, 0.1) is 24.7 Å². The fourth-order valence-corrected chi connectivity index (χ4v) is 3.19. The molecule has 0 aliphatic heterocycles. The predicted molar refractivity (Wildman–Crippen MR) is 79.6 cm³/mol. The third kappa shape index (κ3) is 5.72. The SMILES string of the molecule is COCCOCCCNS(=O)(=O)c1cccc(CO)c1C. The molecule has 0 fully saturated rings. The number of sulfonamides is 1. The van der Waals surface area contributed by atoms with Gasteiger partial charge in [0.15, 0.2) is 0 Å². The van der Waals surface area contributed by atoms with Crippen molar-refractivity contribution >= 4 is 10.0 Å². The molecule has 1 aromatic carbocycles. The summed E-state index contributed by atoms with van der Waals surface area (Å²) in [5.41, 5.74) is 1.18. The number of nitrogens with one attached hydrogen (secondary N) is 1. The minimum absolute atomic E-state index is 0.178. The van der Waals surface area contributed by atoms with Crippen LogP contribution in [0.4, 0.5) is 0 Å². The molecule has 0 saturated heterocycles. The largest absolute Gasteiger partial charge is 0.392 e. The van der Waals surface area contributed by atoms with Gasteiger partial charge in [0.25, 0.3) is 0 Å². The lowest BCUT2D eigenvalue weighted by atomic mass is 10.1. The molecule has 6 nitrogen and oxygen atoms in total. The van der Waals surface area contributed by atoms with Gasteiger partial charge in [0, 0.05) is 20.3 Å². The van der Waals surface area contributed by atoms with Crippen LogP contribution < -0.4 is 4.72 Å². The number of ether oxygens (including phenoxy) is 2. The molecular formula is C14H23NO5S. The highest BCUT2D eigenvalue weighted by atomic mass is 32.2. The molecule has 0 saturated carbocycles. The van der Waals surface area contributed by atoms with Crippen LogP contribution in [0.5, 0.6) is 0 Å². The molecule has 0 atom stereocenters. The van der Waals surface area contributed by atoms with Gasteiger partial charge in [0.1, 0.15) is 0 Å². The Labute approximate surface area is 126 Å². The zero-order valence-electron chi connectivity index (χ0n) is 12.5. The first-order valence-corrected chi connectivity index (χ1v) is 8.27. The Hall–Kier alpha value is -0.990. The summed E-state index contributed by atoms with van der Waals surface area (Å²) in [5, 5.41) is 9.18. The minimum Gasteiger partial charge on any atom is -0.392 e. The summed E-state index contributed by atoms with van der Waals surface area (Å²) in [4.78, 5) is 0.203. The van der Waals surface area contributed by atoms with E-state index in [9.17, 15) is 13.5 Å². The van der Waals surface area contributed by atoms with E-state index >= 15 is 0 Å². The number of hydrogen-bond acceptors (Lipinski definition) is 5. The van der Waals surface area contributed by atoms with Gasteiger partial charge < -0.3 is 14.6 Å². The van der Waals surface area contributed by atoms with E-state index in [4.69, 9.17) is 9.47 Å². The van der Waals surface area contributed by atoms with E-state index in [0.717, 1.165) is 0 Å². The van der Waals surface area contributed by atoms with Crippen LogP contribution in [-0.4, -0.2) is 47.0 Å². The van der Waals surface area contributed by atoms with Gasteiger partial charge in [0.2, 0.25) is 10.0 Å². The Bertz CT molecular complexity index is 530. The standard InChI is InChI=1S/C14H23NO5S/c1-12-13(11-16)5-3-6-14(12)21(17,18)15-7-4-8-20-10-9-19-2/h3,5-6,15-16H,4,7-11H2,1-2H3. The van der Waals surface area contributed by atoms with Crippen LogP contribution in [0.15, 0.2) is 23.1 Å². The van der Waals surface area contributed by atoms with Crippen LogP contribution in [0.3, 0.4) is 0 Å². The first-order chi connectivity index (χ1) is 10.0. The predicted octanol–water partition coefficient (Wildman–Crippen LogP) is 0.819. The second kappa shape index (κ2) is 9.11. The summed E-state index contributed by atoms with van der Waals surface area (Å²) in [6.07, 6.45) is 0.585. The minimum atomic E-state index is -3.56. The van der Waals surface area contributed by atoms with Crippen molar-refractivity contribution in [3.05, 3.63) is 29.3 Å². The van der Waals surface area contributed by atoms with Crippen LogP contribution in [0, 0.1) is 6.92 Å². The van der Waals surface area contributed by atoms with E-state index in [-0.39, 0.29) is 11.5 Å². The Kier molecular flexibility index (Phi) is 7.84. The number of hydrogen-bond donors (Lipinski definition) is 2. The van der Waals surface area contributed by atoms with Crippen molar-refractivity contribution in [2.45, 2.75) is 24.8 Å². The van der Waals surface area contributed by atoms with Gasteiger partial charge in [-0.25, -0.2) is 13.1 Å². The van der Waals surface area contributed by atoms with Gasteiger partial charge in [-0.05, 0) is 30.5 Å². The van der Waals surface area contributed by atoms with Crippen LogP contribution in [-0.2, 0) is 26.1 Å². The lowest BCUT2D eigenvalue weighted by molar-refractivity contribution is 0.0699. The van der Waals surface area contributed by atoms with Gasteiger partial charge in [-0.15, -0.1) is 0 Å². The molecular weight excluding hydrogens is 294 g/mol. The molecule has 21 heavy (non-hydrogen) atoms. The molecule has 0 bridgehead atoms. The van der Waals surface area contributed by atoms with E-state index in [0.29, 0.717) is 43.9 Å². The first kappa shape index (κ1) is 18.1. The Morgan fingerprint density at radius 3 is 2.67 bits per heavy atom. The number of aliphatic hydroxyl groups excluding tert-OH is 1. The topological polar surface area (TPSA) is 84.9 Å². The fourth-order valence-electron chi connectivity index (χ4n) is 1.83. The Balaban J connectivity index is 2.51. The van der Waals surface area contributed by atoms with Crippen molar-refractivity contribution in [1.29, 1.82) is 0 Å². The molecule has 1 rings (SSSR count). The molecule has 2 N–H and O–H groups in total. The van der Waals surface area contributed by atoms with Crippen molar-refractivity contribution < 1.29 is 23.0 Å². The highest BCUT2D eigenvalue weighted by Gasteiger charge is 2.17. The van der Waals surface area contributed by atoms with Gasteiger partial charge in [-0.3, -0.25) is 0 Å². The van der Waals surface area contributed by atoms with Crippen molar-refractivity contribution in [3.8, 4) is 0 Å². The van der Waals surface area contributed by atoms with Gasteiger partial charge in [-0.2, -0.15) is 0 Å². The maximum atomic E-state index is 12.2. The van der Waals surface area contributed by atoms with E-state index in [2.05, 4.69) is 4.72 Å². The smallest absolute Gasteiger partial charge is 0.240 e.